The Morgan fingerprint density at radius 1 is 1.22 bits per heavy atom. The van der Waals surface area contributed by atoms with Gasteiger partial charge in [-0.15, -0.1) is 0 Å². The number of aliphatic hydroxyl groups is 1. The summed E-state index contributed by atoms with van der Waals surface area (Å²) in [5.74, 6) is 0.795. The van der Waals surface area contributed by atoms with Gasteiger partial charge in [-0.1, -0.05) is 31.5 Å². The van der Waals surface area contributed by atoms with E-state index in [1.54, 1.807) is 6.92 Å². The highest BCUT2D eigenvalue weighted by Crippen LogP contribution is 2.20. The monoisotopic (exact) mass is 322 g/mol. The summed E-state index contributed by atoms with van der Waals surface area (Å²) < 4.78 is 5.74. The van der Waals surface area contributed by atoms with Crippen molar-refractivity contribution < 1.29 is 14.6 Å². The van der Waals surface area contributed by atoms with Crippen LogP contribution in [0.5, 0.6) is 5.75 Å². The lowest BCUT2D eigenvalue weighted by molar-refractivity contribution is 0.128. The molecule has 0 spiro atoms. The second-order valence-electron chi connectivity index (χ2n) is 7.02. The highest BCUT2D eigenvalue weighted by molar-refractivity contribution is 5.73. The van der Waals surface area contributed by atoms with E-state index in [-0.39, 0.29) is 23.7 Å². The van der Waals surface area contributed by atoms with Crippen LogP contribution in [0.25, 0.3) is 0 Å². The summed E-state index contributed by atoms with van der Waals surface area (Å²) in [4.78, 5) is 11.8. The maximum Gasteiger partial charge on any atom is 0.314 e. The normalized spacial score (nSPS) is 14.0. The maximum atomic E-state index is 11.8. The Hall–Kier alpha value is -1.75. The molecule has 0 aliphatic heterocycles. The van der Waals surface area contributed by atoms with E-state index in [1.165, 1.54) is 5.56 Å². The molecule has 0 aromatic heterocycles. The van der Waals surface area contributed by atoms with Crippen molar-refractivity contribution in [3.8, 4) is 5.75 Å². The summed E-state index contributed by atoms with van der Waals surface area (Å²) in [6, 6.07) is 7.61. The van der Waals surface area contributed by atoms with Gasteiger partial charge < -0.3 is 20.5 Å². The predicted molar refractivity (Wildman–Crippen MR) is 92.7 cm³/mol. The Morgan fingerprint density at radius 2 is 1.83 bits per heavy atom. The molecular formula is C18H30N2O3. The summed E-state index contributed by atoms with van der Waals surface area (Å²) in [5, 5.41) is 15.1. The van der Waals surface area contributed by atoms with Crippen molar-refractivity contribution in [2.75, 3.05) is 13.1 Å². The molecule has 130 valence electrons. The van der Waals surface area contributed by atoms with Gasteiger partial charge in [0.05, 0.1) is 12.6 Å². The standard InChI is InChI=1S/C18H30N2O3/c1-13-6-8-16(9-7-13)23-15(3)11-19-17(22)20-12-18(4,5)10-14(2)21/h6-9,14-15,21H,10-12H2,1-5H3,(H2,19,20,22). The topological polar surface area (TPSA) is 70.6 Å². The molecule has 0 fully saturated rings. The Labute approximate surface area is 139 Å². The van der Waals surface area contributed by atoms with Gasteiger partial charge in [0.15, 0.2) is 0 Å². The zero-order valence-corrected chi connectivity index (χ0v) is 14.8. The number of nitrogens with one attached hydrogen (secondary N) is 2. The molecule has 0 aliphatic carbocycles. The molecule has 0 saturated carbocycles. The predicted octanol–water partition coefficient (Wildman–Crippen LogP) is 2.86. The van der Waals surface area contributed by atoms with Gasteiger partial charge in [0, 0.05) is 6.54 Å². The number of aryl methyl sites for hydroxylation is 1. The zero-order valence-electron chi connectivity index (χ0n) is 14.8. The van der Waals surface area contributed by atoms with Crippen LogP contribution in [0.4, 0.5) is 4.79 Å². The van der Waals surface area contributed by atoms with E-state index in [9.17, 15) is 9.90 Å². The Morgan fingerprint density at radius 3 is 2.39 bits per heavy atom. The van der Waals surface area contributed by atoms with Gasteiger partial charge in [0.1, 0.15) is 11.9 Å². The minimum absolute atomic E-state index is 0.117. The molecule has 0 aliphatic rings. The lowest BCUT2D eigenvalue weighted by Gasteiger charge is -2.26. The second kappa shape index (κ2) is 8.77. The van der Waals surface area contributed by atoms with Crippen LogP contribution in [-0.4, -0.2) is 36.4 Å². The van der Waals surface area contributed by atoms with E-state index in [4.69, 9.17) is 4.74 Å². The molecular weight excluding hydrogens is 292 g/mol. The minimum Gasteiger partial charge on any atom is -0.489 e. The molecule has 1 rings (SSSR count). The average Bonchev–Trinajstić information content (AvgIpc) is 2.44. The first kappa shape index (κ1) is 19.3. The van der Waals surface area contributed by atoms with E-state index in [1.807, 2.05) is 52.0 Å². The summed E-state index contributed by atoms with van der Waals surface area (Å²) in [7, 11) is 0. The summed E-state index contributed by atoms with van der Waals surface area (Å²) in [6.45, 7) is 10.7. The largest absolute Gasteiger partial charge is 0.489 e. The van der Waals surface area contributed by atoms with Crippen LogP contribution < -0.4 is 15.4 Å². The summed E-state index contributed by atoms with van der Waals surface area (Å²) in [6.07, 6.45) is 0.145. The molecule has 0 radical (unpaired) electrons. The molecule has 0 saturated heterocycles. The van der Waals surface area contributed by atoms with Crippen LogP contribution in [-0.2, 0) is 0 Å². The number of urea groups is 1. The number of carbonyl (C=O) groups is 1. The Kier molecular flexibility index (Phi) is 7.36. The van der Waals surface area contributed by atoms with Crippen LogP contribution in [0.3, 0.4) is 0 Å². The van der Waals surface area contributed by atoms with Crippen LogP contribution in [0, 0.1) is 12.3 Å². The van der Waals surface area contributed by atoms with Crippen LogP contribution >= 0.6 is 0 Å². The summed E-state index contributed by atoms with van der Waals surface area (Å²) in [5.41, 5.74) is 1.04. The first-order chi connectivity index (χ1) is 10.7. The highest BCUT2D eigenvalue weighted by atomic mass is 16.5. The van der Waals surface area contributed by atoms with Crippen LogP contribution in [0.15, 0.2) is 24.3 Å². The third kappa shape index (κ3) is 8.45. The lowest BCUT2D eigenvalue weighted by atomic mass is 9.87. The molecule has 1 aromatic carbocycles. The van der Waals surface area contributed by atoms with Gasteiger partial charge >= 0.3 is 6.03 Å². The Bertz CT molecular complexity index is 484. The van der Waals surface area contributed by atoms with Gasteiger partial charge in [-0.25, -0.2) is 4.79 Å². The second-order valence-corrected chi connectivity index (χ2v) is 7.02. The van der Waals surface area contributed by atoms with Crippen molar-refractivity contribution in [3.05, 3.63) is 29.8 Å². The van der Waals surface area contributed by atoms with Gasteiger partial charge in [0.25, 0.3) is 0 Å². The smallest absolute Gasteiger partial charge is 0.314 e. The summed E-state index contributed by atoms with van der Waals surface area (Å²) >= 11 is 0. The maximum absolute atomic E-state index is 11.8. The van der Waals surface area contributed by atoms with Crippen molar-refractivity contribution in [3.63, 3.8) is 0 Å². The number of hydrogen-bond donors (Lipinski definition) is 3. The van der Waals surface area contributed by atoms with Crippen molar-refractivity contribution in [1.29, 1.82) is 0 Å². The van der Waals surface area contributed by atoms with Crippen LogP contribution in [0.2, 0.25) is 0 Å². The van der Waals surface area contributed by atoms with Gasteiger partial charge in [0.2, 0.25) is 0 Å². The molecule has 2 unspecified atom stereocenters. The number of carbonyl (C=O) groups excluding carboxylic acids is 1. The lowest BCUT2D eigenvalue weighted by Crippen LogP contribution is -2.44. The quantitative estimate of drug-likeness (QED) is 0.689. The minimum atomic E-state index is -0.377. The third-order valence-electron chi connectivity index (χ3n) is 3.48. The molecule has 5 nitrogen and oxygen atoms in total. The first-order valence-corrected chi connectivity index (χ1v) is 8.11. The average molecular weight is 322 g/mol. The number of hydrogen-bond acceptors (Lipinski definition) is 3. The van der Waals surface area contributed by atoms with Crippen LogP contribution in [0.1, 0.15) is 39.7 Å². The number of rotatable bonds is 8. The first-order valence-electron chi connectivity index (χ1n) is 8.11. The molecule has 2 atom stereocenters. The fraction of sp³-hybridized carbons (Fsp3) is 0.611. The van der Waals surface area contributed by atoms with E-state index in [0.29, 0.717) is 19.5 Å². The van der Waals surface area contributed by atoms with Crippen molar-refractivity contribution >= 4 is 6.03 Å². The van der Waals surface area contributed by atoms with Gasteiger partial charge in [-0.05, 0) is 44.7 Å². The number of amides is 2. The van der Waals surface area contributed by atoms with Gasteiger partial charge in [-0.2, -0.15) is 0 Å². The van der Waals surface area contributed by atoms with E-state index in [0.717, 1.165) is 5.75 Å². The fourth-order valence-electron chi connectivity index (χ4n) is 2.38. The van der Waals surface area contributed by atoms with E-state index < -0.39 is 0 Å². The van der Waals surface area contributed by atoms with E-state index >= 15 is 0 Å². The number of ether oxygens (including phenoxy) is 1. The Balaban J connectivity index is 2.28. The molecule has 0 heterocycles. The highest BCUT2D eigenvalue weighted by Gasteiger charge is 2.21. The zero-order chi connectivity index (χ0) is 17.5. The fourth-order valence-corrected chi connectivity index (χ4v) is 2.38. The van der Waals surface area contributed by atoms with Gasteiger partial charge in [-0.3, -0.25) is 0 Å². The molecule has 23 heavy (non-hydrogen) atoms. The molecule has 5 heteroatoms. The van der Waals surface area contributed by atoms with Crippen molar-refractivity contribution in [2.24, 2.45) is 5.41 Å². The number of benzene rings is 1. The van der Waals surface area contributed by atoms with E-state index in [2.05, 4.69) is 10.6 Å². The SMILES string of the molecule is Cc1ccc(OC(C)CNC(=O)NCC(C)(C)CC(C)O)cc1. The van der Waals surface area contributed by atoms with Crippen molar-refractivity contribution in [1.82, 2.24) is 10.6 Å². The molecule has 1 aromatic rings. The molecule has 2 amide bonds. The van der Waals surface area contributed by atoms with Crippen molar-refractivity contribution in [2.45, 2.75) is 53.2 Å². The number of aliphatic hydroxyl groups excluding tert-OH is 1. The molecule has 0 bridgehead atoms. The molecule has 3 N–H and O–H groups in total. The third-order valence-corrected chi connectivity index (χ3v) is 3.48.